The van der Waals surface area contributed by atoms with Crippen molar-refractivity contribution >= 4 is 0 Å². The summed E-state index contributed by atoms with van der Waals surface area (Å²) in [5.41, 5.74) is 10.1. The maximum atomic E-state index is 6.37. The van der Waals surface area contributed by atoms with E-state index < -0.39 is 0 Å². The summed E-state index contributed by atoms with van der Waals surface area (Å²) in [7, 11) is 0. The van der Waals surface area contributed by atoms with Crippen LogP contribution in [0.2, 0.25) is 0 Å². The number of hydrogen-bond donors (Lipinski definition) is 1. The van der Waals surface area contributed by atoms with Gasteiger partial charge in [0.2, 0.25) is 0 Å². The summed E-state index contributed by atoms with van der Waals surface area (Å²) in [5, 5.41) is 0. The Labute approximate surface area is 127 Å². The fourth-order valence-corrected chi connectivity index (χ4v) is 2.48. The van der Waals surface area contributed by atoms with Gasteiger partial charge in [-0.1, -0.05) is 55.0 Å². The molecule has 2 rings (SSSR count). The zero-order valence-corrected chi connectivity index (χ0v) is 13.0. The van der Waals surface area contributed by atoms with Crippen molar-refractivity contribution in [1.29, 1.82) is 0 Å². The van der Waals surface area contributed by atoms with Gasteiger partial charge in [-0.15, -0.1) is 0 Å². The molecule has 0 spiro atoms. The molecule has 0 saturated heterocycles. The number of hydrogen-bond acceptors (Lipinski definition) is 2. The van der Waals surface area contributed by atoms with Gasteiger partial charge in [0, 0.05) is 11.6 Å². The van der Waals surface area contributed by atoms with Crippen LogP contribution >= 0.6 is 0 Å². The van der Waals surface area contributed by atoms with E-state index in [4.69, 9.17) is 10.5 Å². The van der Waals surface area contributed by atoms with Gasteiger partial charge in [-0.25, -0.2) is 0 Å². The van der Waals surface area contributed by atoms with Crippen LogP contribution in [-0.4, -0.2) is 6.61 Å². The minimum Gasteiger partial charge on any atom is -0.493 e. The van der Waals surface area contributed by atoms with Crippen LogP contribution in [0.25, 0.3) is 0 Å². The highest BCUT2D eigenvalue weighted by molar-refractivity contribution is 5.36. The second-order valence-corrected chi connectivity index (χ2v) is 5.52. The lowest BCUT2D eigenvalue weighted by molar-refractivity contribution is 0.311. The fourth-order valence-electron chi connectivity index (χ4n) is 2.48. The molecule has 0 aliphatic rings. The molecule has 1 atom stereocenters. The van der Waals surface area contributed by atoms with Crippen LogP contribution in [0.5, 0.6) is 5.75 Å². The Morgan fingerprint density at radius 1 is 1.10 bits per heavy atom. The Hall–Kier alpha value is -1.80. The number of nitrogens with two attached hydrogens (primary N) is 1. The van der Waals surface area contributed by atoms with Gasteiger partial charge in [0.15, 0.2) is 0 Å². The lowest BCUT2D eigenvalue weighted by atomic mass is 9.98. The largest absolute Gasteiger partial charge is 0.493 e. The summed E-state index contributed by atoms with van der Waals surface area (Å²) in [6.45, 7) is 4.97. The Bertz CT molecular complexity index is 565. The molecule has 0 bridgehead atoms. The van der Waals surface area contributed by atoms with E-state index in [1.54, 1.807) is 0 Å². The van der Waals surface area contributed by atoms with Crippen molar-refractivity contribution in [3.05, 3.63) is 65.2 Å². The van der Waals surface area contributed by atoms with Crippen LogP contribution in [0, 0.1) is 6.92 Å². The third-order valence-corrected chi connectivity index (χ3v) is 3.61. The molecule has 2 heteroatoms. The van der Waals surface area contributed by atoms with Crippen LogP contribution in [0.1, 0.15) is 42.5 Å². The first-order valence-corrected chi connectivity index (χ1v) is 7.73. The Balaban J connectivity index is 2.01. The van der Waals surface area contributed by atoms with Crippen LogP contribution < -0.4 is 10.5 Å². The monoisotopic (exact) mass is 283 g/mol. The average Bonchev–Trinajstić information content (AvgIpc) is 2.51. The maximum Gasteiger partial charge on any atom is 0.124 e. The van der Waals surface area contributed by atoms with Gasteiger partial charge < -0.3 is 10.5 Å². The zero-order chi connectivity index (χ0) is 15.1. The number of ether oxygens (including phenoxy) is 1. The van der Waals surface area contributed by atoms with E-state index >= 15 is 0 Å². The minimum atomic E-state index is 0.0126. The van der Waals surface area contributed by atoms with Crippen LogP contribution in [0.3, 0.4) is 0 Å². The van der Waals surface area contributed by atoms with Gasteiger partial charge in [0.25, 0.3) is 0 Å². The molecule has 1 unspecified atom stereocenters. The molecule has 0 amide bonds. The first-order valence-electron chi connectivity index (χ1n) is 7.73. The van der Waals surface area contributed by atoms with Crippen LogP contribution in [0.4, 0.5) is 0 Å². The van der Waals surface area contributed by atoms with Gasteiger partial charge in [-0.05, 0) is 37.8 Å². The number of aryl methyl sites for hydroxylation is 2. The molecule has 2 aromatic rings. The molecular formula is C19H25NO. The molecule has 0 radical (unpaired) electrons. The van der Waals surface area contributed by atoms with Gasteiger partial charge >= 0.3 is 0 Å². The molecule has 2 nitrogen and oxygen atoms in total. The lowest BCUT2D eigenvalue weighted by Crippen LogP contribution is -2.13. The van der Waals surface area contributed by atoms with Gasteiger partial charge in [-0.3, -0.25) is 0 Å². The minimum absolute atomic E-state index is 0.0126. The van der Waals surface area contributed by atoms with Crippen molar-refractivity contribution in [2.24, 2.45) is 5.73 Å². The van der Waals surface area contributed by atoms with Crippen molar-refractivity contribution in [3.8, 4) is 5.75 Å². The molecular weight excluding hydrogens is 258 g/mol. The fraction of sp³-hybridized carbons (Fsp3) is 0.368. The van der Waals surface area contributed by atoms with E-state index in [0.717, 1.165) is 37.2 Å². The molecule has 0 fully saturated rings. The second kappa shape index (κ2) is 7.84. The van der Waals surface area contributed by atoms with Crippen molar-refractivity contribution in [3.63, 3.8) is 0 Å². The van der Waals surface area contributed by atoms with Crippen LogP contribution in [-0.2, 0) is 6.42 Å². The average molecular weight is 283 g/mol. The second-order valence-electron chi connectivity index (χ2n) is 5.52. The van der Waals surface area contributed by atoms with Crippen molar-refractivity contribution in [2.75, 3.05) is 6.61 Å². The van der Waals surface area contributed by atoms with E-state index in [2.05, 4.69) is 44.2 Å². The predicted octanol–water partition coefficient (Wildman–Crippen LogP) is 4.42. The van der Waals surface area contributed by atoms with Crippen LogP contribution in [0.15, 0.2) is 48.5 Å². The first-order chi connectivity index (χ1) is 10.2. The highest BCUT2D eigenvalue weighted by atomic mass is 16.5. The number of benzene rings is 2. The quantitative estimate of drug-likeness (QED) is 0.816. The summed E-state index contributed by atoms with van der Waals surface area (Å²) in [6.07, 6.45) is 2.92. The Morgan fingerprint density at radius 2 is 1.90 bits per heavy atom. The summed E-state index contributed by atoms with van der Waals surface area (Å²) in [5.74, 6) is 0.927. The van der Waals surface area contributed by atoms with E-state index in [0.29, 0.717) is 0 Å². The molecule has 0 aliphatic carbocycles. The van der Waals surface area contributed by atoms with Crippen molar-refractivity contribution < 1.29 is 4.74 Å². The smallest absolute Gasteiger partial charge is 0.124 e. The highest BCUT2D eigenvalue weighted by Crippen LogP contribution is 2.26. The maximum absolute atomic E-state index is 6.37. The number of para-hydroxylation sites is 1. The number of rotatable bonds is 7. The molecule has 112 valence electrons. The van der Waals surface area contributed by atoms with Crippen molar-refractivity contribution in [1.82, 2.24) is 0 Å². The van der Waals surface area contributed by atoms with E-state index in [9.17, 15) is 0 Å². The normalized spacial score (nSPS) is 12.1. The Morgan fingerprint density at radius 3 is 2.67 bits per heavy atom. The SMILES string of the molecule is CCCOc1ccccc1C(N)CCc1cccc(C)c1. The molecule has 0 aliphatic heterocycles. The molecule has 21 heavy (non-hydrogen) atoms. The van der Waals surface area contributed by atoms with Gasteiger partial charge in [0.1, 0.15) is 5.75 Å². The highest BCUT2D eigenvalue weighted by Gasteiger charge is 2.11. The standard InChI is InChI=1S/C19H25NO/c1-3-13-21-19-10-5-4-9-17(19)18(20)12-11-16-8-6-7-15(2)14-16/h4-10,14,18H,3,11-13,20H2,1-2H3. The third kappa shape index (κ3) is 4.61. The molecule has 0 saturated carbocycles. The Kier molecular flexibility index (Phi) is 5.82. The summed E-state index contributed by atoms with van der Waals surface area (Å²) in [4.78, 5) is 0. The van der Waals surface area contributed by atoms with Gasteiger partial charge in [-0.2, -0.15) is 0 Å². The molecule has 2 N–H and O–H groups in total. The summed E-state index contributed by atoms with van der Waals surface area (Å²) < 4.78 is 5.80. The van der Waals surface area contributed by atoms with E-state index in [1.807, 2.05) is 18.2 Å². The molecule has 0 heterocycles. The molecule has 0 aromatic heterocycles. The zero-order valence-electron chi connectivity index (χ0n) is 13.0. The summed E-state index contributed by atoms with van der Waals surface area (Å²) in [6, 6.07) is 16.8. The van der Waals surface area contributed by atoms with E-state index in [-0.39, 0.29) is 6.04 Å². The third-order valence-electron chi connectivity index (χ3n) is 3.61. The first kappa shape index (κ1) is 15.6. The van der Waals surface area contributed by atoms with Crippen molar-refractivity contribution in [2.45, 2.75) is 39.2 Å². The van der Waals surface area contributed by atoms with E-state index in [1.165, 1.54) is 11.1 Å². The van der Waals surface area contributed by atoms with Gasteiger partial charge in [0.05, 0.1) is 6.61 Å². The topological polar surface area (TPSA) is 35.2 Å². The molecule has 2 aromatic carbocycles. The predicted molar refractivity (Wildman–Crippen MR) is 88.7 cm³/mol. The summed E-state index contributed by atoms with van der Waals surface area (Å²) >= 11 is 0. The lowest BCUT2D eigenvalue weighted by Gasteiger charge is -2.17.